The molecule has 1 heterocycles. The molecule has 7 heteroatoms. The van der Waals surface area contributed by atoms with Gasteiger partial charge in [-0.3, -0.25) is 9.59 Å². The first-order chi connectivity index (χ1) is 16.9. The Morgan fingerprint density at radius 2 is 1.69 bits per heavy atom. The third-order valence-electron chi connectivity index (χ3n) is 6.22. The Balaban J connectivity index is 1.30. The first kappa shape index (κ1) is 24.6. The second kappa shape index (κ2) is 11.3. The first-order valence-corrected chi connectivity index (χ1v) is 12.2. The van der Waals surface area contributed by atoms with Crippen LogP contribution in [-0.2, 0) is 11.2 Å². The fraction of sp³-hybridized carbons (Fsp3) is 0.286. The number of benzene rings is 3. The summed E-state index contributed by atoms with van der Waals surface area (Å²) in [5.74, 6) is 0.470. The van der Waals surface area contributed by atoms with Gasteiger partial charge in [0.15, 0.2) is 6.61 Å². The lowest BCUT2D eigenvalue weighted by Crippen LogP contribution is -2.49. The Morgan fingerprint density at radius 3 is 2.34 bits per heavy atom. The van der Waals surface area contributed by atoms with Crippen LogP contribution in [0.15, 0.2) is 66.7 Å². The number of aryl methyl sites for hydroxylation is 2. The van der Waals surface area contributed by atoms with Crippen LogP contribution < -0.4 is 15.0 Å². The van der Waals surface area contributed by atoms with Gasteiger partial charge in [0.25, 0.3) is 11.8 Å². The fourth-order valence-corrected chi connectivity index (χ4v) is 4.44. The van der Waals surface area contributed by atoms with E-state index >= 15 is 0 Å². The van der Waals surface area contributed by atoms with Crippen molar-refractivity contribution in [3.8, 4) is 5.75 Å². The molecule has 2 amide bonds. The normalized spacial score (nSPS) is 13.5. The standard InChI is InChI=1S/C28H30ClN3O3/c1-3-21-8-11-23(12-9-21)35-19-27(33)30-22-10-13-26(25(29)18-22)31-14-16-32(17-15-31)28(34)24-7-5-4-6-20(24)2/h4-13,18H,3,14-17,19H2,1-2H3,(H,30,33). The lowest BCUT2D eigenvalue weighted by atomic mass is 10.1. The highest BCUT2D eigenvalue weighted by Gasteiger charge is 2.24. The van der Waals surface area contributed by atoms with E-state index in [9.17, 15) is 9.59 Å². The minimum absolute atomic E-state index is 0.0652. The summed E-state index contributed by atoms with van der Waals surface area (Å²) in [6.07, 6.45) is 0.957. The van der Waals surface area contributed by atoms with Crippen molar-refractivity contribution in [1.82, 2.24) is 4.90 Å². The van der Waals surface area contributed by atoms with Gasteiger partial charge in [-0.1, -0.05) is 48.9 Å². The topological polar surface area (TPSA) is 61.9 Å². The molecule has 0 aromatic heterocycles. The molecule has 0 spiro atoms. The first-order valence-electron chi connectivity index (χ1n) is 11.9. The molecule has 0 saturated carbocycles. The highest BCUT2D eigenvalue weighted by molar-refractivity contribution is 6.33. The van der Waals surface area contributed by atoms with Crippen LogP contribution in [0, 0.1) is 6.92 Å². The summed E-state index contributed by atoms with van der Waals surface area (Å²) >= 11 is 6.56. The average molecular weight is 492 g/mol. The number of carbonyl (C=O) groups is 2. The van der Waals surface area contributed by atoms with Crippen molar-refractivity contribution in [2.45, 2.75) is 20.3 Å². The van der Waals surface area contributed by atoms with E-state index in [2.05, 4.69) is 17.1 Å². The Hall–Kier alpha value is -3.51. The maximum atomic E-state index is 12.9. The molecular formula is C28H30ClN3O3. The molecule has 3 aromatic rings. The van der Waals surface area contributed by atoms with Gasteiger partial charge < -0.3 is 19.9 Å². The van der Waals surface area contributed by atoms with E-state index in [4.69, 9.17) is 16.3 Å². The second-order valence-electron chi connectivity index (χ2n) is 8.59. The van der Waals surface area contributed by atoms with Gasteiger partial charge >= 0.3 is 0 Å². The number of anilines is 2. The van der Waals surface area contributed by atoms with E-state index in [-0.39, 0.29) is 18.4 Å². The minimum atomic E-state index is -0.253. The third-order valence-corrected chi connectivity index (χ3v) is 6.52. The van der Waals surface area contributed by atoms with Crippen LogP contribution in [0.3, 0.4) is 0 Å². The Bertz CT molecular complexity index is 1190. The van der Waals surface area contributed by atoms with E-state index in [0.717, 1.165) is 23.2 Å². The van der Waals surface area contributed by atoms with Crippen LogP contribution in [0.2, 0.25) is 5.02 Å². The van der Waals surface area contributed by atoms with Crippen molar-refractivity contribution >= 4 is 34.8 Å². The van der Waals surface area contributed by atoms with Gasteiger partial charge in [0, 0.05) is 37.4 Å². The molecule has 3 aromatic carbocycles. The summed E-state index contributed by atoms with van der Waals surface area (Å²) in [5.41, 5.74) is 4.46. The highest BCUT2D eigenvalue weighted by Crippen LogP contribution is 2.30. The summed E-state index contributed by atoms with van der Waals surface area (Å²) in [6, 6.07) is 20.9. The van der Waals surface area contributed by atoms with Gasteiger partial charge in [-0.15, -0.1) is 0 Å². The van der Waals surface area contributed by atoms with E-state index in [0.29, 0.717) is 42.6 Å². The van der Waals surface area contributed by atoms with Crippen molar-refractivity contribution in [1.29, 1.82) is 0 Å². The highest BCUT2D eigenvalue weighted by atomic mass is 35.5. The third kappa shape index (κ3) is 6.14. The van der Waals surface area contributed by atoms with Crippen LogP contribution >= 0.6 is 11.6 Å². The molecular weight excluding hydrogens is 462 g/mol. The molecule has 1 N–H and O–H groups in total. The molecule has 0 unspecified atom stereocenters. The molecule has 0 atom stereocenters. The quantitative estimate of drug-likeness (QED) is 0.494. The van der Waals surface area contributed by atoms with Crippen molar-refractivity contribution in [2.24, 2.45) is 0 Å². The Morgan fingerprint density at radius 1 is 0.971 bits per heavy atom. The summed E-state index contributed by atoms with van der Waals surface area (Å²) < 4.78 is 5.57. The molecule has 1 aliphatic heterocycles. The second-order valence-corrected chi connectivity index (χ2v) is 9.00. The number of amides is 2. The van der Waals surface area contributed by atoms with Crippen molar-refractivity contribution in [3.05, 3.63) is 88.4 Å². The summed E-state index contributed by atoms with van der Waals surface area (Å²) in [7, 11) is 0. The van der Waals surface area contributed by atoms with E-state index in [1.165, 1.54) is 5.56 Å². The zero-order valence-electron chi connectivity index (χ0n) is 20.1. The number of piperazine rings is 1. The average Bonchev–Trinajstić information content (AvgIpc) is 2.88. The smallest absolute Gasteiger partial charge is 0.262 e. The van der Waals surface area contributed by atoms with Crippen molar-refractivity contribution in [2.75, 3.05) is 43.0 Å². The predicted molar refractivity (Wildman–Crippen MR) is 141 cm³/mol. The summed E-state index contributed by atoms with van der Waals surface area (Å²) in [6.45, 7) is 6.59. The lowest BCUT2D eigenvalue weighted by Gasteiger charge is -2.36. The van der Waals surface area contributed by atoms with Gasteiger partial charge in [-0.2, -0.15) is 0 Å². The monoisotopic (exact) mass is 491 g/mol. The number of rotatable bonds is 7. The number of hydrogen-bond donors (Lipinski definition) is 1. The molecule has 1 saturated heterocycles. The number of halogens is 1. The fourth-order valence-electron chi connectivity index (χ4n) is 4.14. The van der Waals surface area contributed by atoms with Crippen LogP contribution in [0.4, 0.5) is 11.4 Å². The van der Waals surface area contributed by atoms with Gasteiger partial charge in [0.05, 0.1) is 10.7 Å². The van der Waals surface area contributed by atoms with E-state index in [1.54, 1.807) is 6.07 Å². The zero-order chi connectivity index (χ0) is 24.8. The van der Waals surface area contributed by atoms with E-state index < -0.39 is 0 Å². The molecule has 6 nitrogen and oxygen atoms in total. The predicted octanol–water partition coefficient (Wildman–Crippen LogP) is 5.19. The number of ether oxygens (including phenoxy) is 1. The molecule has 0 aliphatic carbocycles. The molecule has 0 bridgehead atoms. The largest absolute Gasteiger partial charge is 0.484 e. The molecule has 182 valence electrons. The summed E-state index contributed by atoms with van der Waals surface area (Å²) in [5, 5.41) is 3.38. The van der Waals surface area contributed by atoms with Gasteiger partial charge in [0.1, 0.15) is 5.75 Å². The number of carbonyl (C=O) groups excluding carboxylic acids is 2. The van der Waals surface area contributed by atoms with Crippen LogP contribution in [0.5, 0.6) is 5.75 Å². The molecule has 1 fully saturated rings. The Labute approximate surface area is 211 Å². The van der Waals surface area contributed by atoms with Gasteiger partial charge in [-0.05, 0) is 60.9 Å². The number of nitrogens with one attached hydrogen (secondary N) is 1. The SMILES string of the molecule is CCc1ccc(OCC(=O)Nc2ccc(N3CCN(C(=O)c4ccccc4C)CC3)c(Cl)c2)cc1. The summed E-state index contributed by atoms with van der Waals surface area (Å²) in [4.78, 5) is 29.3. The molecule has 35 heavy (non-hydrogen) atoms. The molecule has 1 aliphatic rings. The minimum Gasteiger partial charge on any atom is -0.484 e. The number of nitrogens with zero attached hydrogens (tertiary/aromatic N) is 2. The van der Waals surface area contributed by atoms with E-state index in [1.807, 2.05) is 72.5 Å². The molecule has 0 radical (unpaired) electrons. The van der Waals surface area contributed by atoms with Crippen molar-refractivity contribution < 1.29 is 14.3 Å². The maximum Gasteiger partial charge on any atom is 0.262 e. The molecule has 4 rings (SSSR count). The van der Waals surface area contributed by atoms with Gasteiger partial charge in [-0.25, -0.2) is 0 Å². The maximum absolute atomic E-state index is 12.9. The van der Waals surface area contributed by atoms with Crippen LogP contribution in [0.25, 0.3) is 0 Å². The lowest BCUT2D eigenvalue weighted by molar-refractivity contribution is -0.118. The van der Waals surface area contributed by atoms with Crippen LogP contribution in [0.1, 0.15) is 28.4 Å². The van der Waals surface area contributed by atoms with Crippen molar-refractivity contribution in [3.63, 3.8) is 0 Å². The Kier molecular flexibility index (Phi) is 7.93. The number of hydrogen-bond acceptors (Lipinski definition) is 4. The zero-order valence-corrected chi connectivity index (χ0v) is 20.8. The van der Waals surface area contributed by atoms with Gasteiger partial charge in [0.2, 0.25) is 0 Å². The van der Waals surface area contributed by atoms with Crippen LogP contribution in [-0.4, -0.2) is 49.5 Å².